The van der Waals surface area contributed by atoms with Crippen molar-refractivity contribution in [2.75, 3.05) is 37.7 Å². The van der Waals surface area contributed by atoms with Gasteiger partial charge in [-0.3, -0.25) is 0 Å². The van der Waals surface area contributed by atoms with Crippen molar-refractivity contribution >= 4 is 26.5 Å². The third-order valence-corrected chi connectivity index (χ3v) is 7.15. The Balaban J connectivity index is 1.60. The Morgan fingerprint density at radius 2 is 1.55 bits per heavy atom. The highest BCUT2D eigenvalue weighted by Gasteiger charge is 2.30. The molecule has 3 aromatic rings. The number of fused-ring (bicyclic) bond motifs is 1. The van der Waals surface area contributed by atoms with Gasteiger partial charge in [0.1, 0.15) is 11.6 Å². The first-order chi connectivity index (χ1) is 14.0. The van der Waals surface area contributed by atoms with Crippen LogP contribution in [-0.2, 0) is 10.0 Å². The average Bonchev–Trinajstić information content (AvgIpc) is 2.75. The average molecular weight is 415 g/mol. The van der Waals surface area contributed by atoms with Crippen LogP contribution in [0.5, 0.6) is 5.75 Å². The zero-order valence-electron chi connectivity index (χ0n) is 16.2. The summed E-state index contributed by atoms with van der Waals surface area (Å²) in [6.45, 7) is 4.28. The van der Waals surface area contributed by atoms with Gasteiger partial charge in [0, 0.05) is 42.6 Å². The first-order valence-electron chi connectivity index (χ1n) is 9.66. The maximum Gasteiger partial charge on any atom is 0.243 e. The number of piperazine rings is 1. The second-order valence-electron chi connectivity index (χ2n) is 6.91. The molecular formula is C22H23FN2O3S. The van der Waals surface area contributed by atoms with Crippen molar-refractivity contribution < 1.29 is 17.5 Å². The summed E-state index contributed by atoms with van der Waals surface area (Å²) in [6.07, 6.45) is 0. The summed E-state index contributed by atoms with van der Waals surface area (Å²) < 4.78 is 47.1. The van der Waals surface area contributed by atoms with Crippen LogP contribution in [0.4, 0.5) is 10.1 Å². The Hall–Kier alpha value is -2.64. The maximum absolute atomic E-state index is 13.4. The van der Waals surface area contributed by atoms with Gasteiger partial charge in [-0.25, -0.2) is 12.8 Å². The van der Waals surface area contributed by atoms with Crippen LogP contribution in [0.3, 0.4) is 0 Å². The van der Waals surface area contributed by atoms with Gasteiger partial charge in [-0.2, -0.15) is 4.31 Å². The van der Waals surface area contributed by atoms with Gasteiger partial charge in [0.15, 0.2) is 0 Å². The minimum atomic E-state index is -3.64. The zero-order valence-corrected chi connectivity index (χ0v) is 17.0. The molecule has 0 radical (unpaired) electrons. The third kappa shape index (κ3) is 3.80. The lowest BCUT2D eigenvalue weighted by Gasteiger charge is -2.35. The Labute approximate surface area is 170 Å². The molecule has 0 aliphatic carbocycles. The summed E-state index contributed by atoms with van der Waals surface area (Å²) >= 11 is 0. The molecule has 1 aliphatic heterocycles. The molecule has 1 fully saturated rings. The van der Waals surface area contributed by atoms with E-state index < -0.39 is 10.0 Å². The molecule has 0 unspecified atom stereocenters. The van der Waals surface area contributed by atoms with E-state index in [1.165, 1.54) is 16.4 Å². The molecule has 0 amide bonds. The lowest BCUT2D eigenvalue weighted by Crippen LogP contribution is -2.48. The highest BCUT2D eigenvalue weighted by molar-refractivity contribution is 7.89. The maximum atomic E-state index is 13.4. The van der Waals surface area contributed by atoms with Crippen LogP contribution in [0.1, 0.15) is 6.92 Å². The summed E-state index contributed by atoms with van der Waals surface area (Å²) in [5.74, 6) is 0.403. The van der Waals surface area contributed by atoms with Crippen molar-refractivity contribution in [2.24, 2.45) is 0 Å². The van der Waals surface area contributed by atoms with Crippen LogP contribution in [0, 0.1) is 5.82 Å². The fourth-order valence-corrected chi connectivity index (χ4v) is 5.35. The second-order valence-corrected chi connectivity index (χ2v) is 8.81. The van der Waals surface area contributed by atoms with Crippen LogP contribution in [-0.4, -0.2) is 45.5 Å². The van der Waals surface area contributed by atoms with Crippen molar-refractivity contribution in [3.05, 3.63) is 66.5 Å². The highest BCUT2D eigenvalue weighted by Crippen LogP contribution is 2.33. The van der Waals surface area contributed by atoms with Gasteiger partial charge in [0.2, 0.25) is 10.0 Å². The summed E-state index contributed by atoms with van der Waals surface area (Å²) in [7, 11) is -3.64. The quantitative estimate of drug-likeness (QED) is 0.636. The van der Waals surface area contributed by atoms with E-state index in [-0.39, 0.29) is 5.82 Å². The number of benzene rings is 3. The number of hydrogen-bond acceptors (Lipinski definition) is 4. The highest BCUT2D eigenvalue weighted by atomic mass is 32.2. The minimum absolute atomic E-state index is 0.280. The van der Waals surface area contributed by atoms with E-state index in [2.05, 4.69) is 4.90 Å². The lowest BCUT2D eigenvalue weighted by atomic mass is 10.1. The molecule has 0 aromatic heterocycles. The number of ether oxygens (including phenoxy) is 1. The van der Waals surface area contributed by atoms with Crippen molar-refractivity contribution in [3.8, 4) is 5.75 Å². The summed E-state index contributed by atoms with van der Waals surface area (Å²) in [4.78, 5) is 2.37. The first-order valence-corrected chi connectivity index (χ1v) is 11.1. The zero-order chi connectivity index (χ0) is 20.4. The Morgan fingerprint density at radius 1 is 0.897 bits per heavy atom. The predicted molar refractivity (Wildman–Crippen MR) is 112 cm³/mol. The Morgan fingerprint density at radius 3 is 2.21 bits per heavy atom. The molecular weight excluding hydrogens is 391 g/mol. The summed E-state index contributed by atoms with van der Waals surface area (Å²) in [5.41, 5.74) is 0.898. The summed E-state index contributed by atoms with van der Waals surface area (Å²) in [5, 5.41) is 1.46. The monoisotopic (exact) mass is 414 g/mol. The third-order valence-electron chi connectivity index (χ3n) is 5.19. The molecule has 1 heterocycles. The standard InChI is InChI=1S/C22H23FN2O3S/c1-2-28-21-11-12-22(20-6-4-3-5-19(20)21)29(26,27)25-15-13-24(14-16-25)18-9-7-17(23)8-10-18/h3-12H,2,13-16H2,1H3. The van der Waals surface area contributed by atoms with Gasteiger partial charge < -0.3 is 9.64 Å². The van der Waals surface area contributed by atoms with Crippen LogP contribution in [0.2, 0.25) is 0 Å². The van der Waals surface area contributed by atoms with Crippen LogP contribution < -0.4 is 9.64 Å². The first kappa shape index (κ1) is 19.7. The molecule has 3 aromatic carbocycles. The predicted octanol–water partition coefficient (Wildman–Crippen LogP) is 3.89. The van der Waals surface area contributed by atoms with E-state index in [0.717, 1.165) is 11.1 Å². The Kier molecular flexibility index (Phi) is 5.43. The SMILES string of the molecule is CCOc1ccc(S(=O)(=O)N2CCN(c3ccc(F)cc3)CC2)c2ccccc12. The van der Waals surface area contributed by atoms with Gasteiger partial charge in [0.05, 0.1) is 11.5 Å². The van der Waals surface area contributed by atoms with Crippen molar-refractivity contribution in [3.63, 3.8) is 0 Å². The molecule has 7 heteroatoms. The number of halogens is 1. The van der Waals surface area contributed by atoms with E-state index in [0.29, 0.717) is 48.8 Å². The molecule has 29 heavy (non-hydrogen) atoms. The molecule has 5 nitrogen and oxygen atoms in total. The van der Waals surface area contributed by atoms with E-state index in [4.69, 9.17) is 4.74 Å². The normalized spacial score (nSPS) is 15.6. The van der Waals surface area contributed by atoms with Crippen LogP contribution >= 0.6 is 0 Å². The minimum Gasteiger partial charge on any atom is -0.493 e. The van der Waals surface area contributed by atoms with Gasteiger partial charge in [0.25, 0.3) is 0 Å². The largest absolute Gasteiger partial charge is 0.493 e. The molecule has 0 bridgehead atoms. The van der Waals surface area contributed by atoms with Crippen LogP contribution in [0.25, 0.3) is 10.8 Å². The Bertz CT molecular complexity index is 1110. The van der Waals surface area contributed by atoms with Gasteiger partial charge >= 0.3 is 0 Å². The number of anilines is 1. The molecule has 152 valence electrons. The second kappa shape index (κ2) is 8.00. The van der Waals surface area contributed by atoms with Crippen molar-refractivity contribution in [1.82, 2.24) is 4.31 Å². The van der Waals surface area contributed by atoms with E-state index in [1.807, 2.05) is 31.2 Å². The fourth-order valence-electron chi connectivity index (χ4n) is 3.73. The topological polar surface area (TPSA) is 49.9 Å². The summed E-state index contributed by atoms with van der Waals surface area (Å²) in [6, 6.07) is 17.1. The number of rotatable bonds is 5. The van der Waals surface area contributed by atoms with Gasteiger partial charge in [-0.1, -0.05) is 24.3 Å². The van der Waals surface area contributed by atoms with E-state index in [9.17, 15) is 12.8 Å². The molecule has 0 atom stereocenters. The molecule has 0 spiro atoms. The lowest BCUT2D eigenvalue weighted by molar-refractivity contribution is 0.344. The molecule has 0 N–H and O–H groups in total. The van der Waals surface area contributed by atoms with E-state index >= 15 is 0 Å². The van der Waals surface area contributed by atoms with Crippen LogP contribution in [0.15, 0.2) is 65.6 Å². The number of sulfonamides is 1. The van der Waals surface area contributed by atoms with Crippen molar-refractivity contribution in [1.29, 1.82) is 0 Å². The molecule has 1 aliphatic rings. The van der Waals surface area contributed by atoms with Gasteiger partial charge in [-0.15, -0.1) is 0 Å². The van der Waals surface area contributed by atoms with Crippen molar-refractivity contribution in [2.45, 2.75) is 11.8 Å². The smallest absolute Gasteiger partial charge is 0.243 e. The number of nitrogens with zero attached hydrogens (tertiary/aromatic N) is 2. The molecule has 0 saturated carbocycles. The fraction of sp³-hybridized carbons (Fsp3) is 0.273. The van der Waals surface area contributed by atoms with E-state index in [1.54, 1.807) is 24.3 Å². The van der Waals surface area contributed by atoms with Gasteiger partial charge in [-0.05, 0) is 43.3 Å². The molecule has 4 rings (SSSR count). The molecule has 1 saturated heterocycles. The number of hydrogen-bond donors (Lipinski definition) is 0.